The zero-order valence-electron chi connectivity index (χ0n) is 17.5. The quantitative estimate of drug-likeness (QED) is 0.251. The number of nitrogens with zero attached hydrogens (tertiary/aromatic N) is 4. The number of nitrogens with two attached hydrogens (primary N) is 2. The predicted molar refractivity (Wildman–Crippen MR) is 122 cm³/mol. The van der Waals surface area contributed by atoms with Crippen LogP contribution in [0.5, 0.6) is 5.75 Å². The van der Waals surface area contributed by atoms with Crippen LogP contribution in [0.15, 0.2) is 42.7 Å². The number of hydrazine groups is 1. The molecular weight excluding hydrogens is 390 g/mol. The lowest BCUT2D eigenvalue weighted by Gasteiger charge is -2.37. The van der Waals surface area contributed by atoms with Crippen molar-refractivity contribution in [3.63, 3.8) is 0 Å². The van der Waals surface area contributed by atoms with Gasteiger partial charge in [0.25, 0.3) is 0 Å². The van der Waals surface area contributed by atoms with Crippen molar-refractivity contribution >= 4 is 29.0 Å². The summed E-state index contributed by atoms with van der Waals surface area (Å²) in [6, 6.07) is 9.60. The van der Waals surface area contributed by atoms with Crippen LogP contribution in [0.4, 0.5) is 0 Å². The van der Waals surface area contributed by atoms with Gasteiger partial charge in [-0.25, -0.2) is 15.8 Å². The molecule has 1 fully saturated rings. The highest BCUT2D eigenvalue weighted by Crippen LogP contribution is 2.38. The van der Waals surface area contributed by atoms with E-state index < -0.39 is 0 Å². The Balaban J connectivity index is 1.82. The molecule has 3 aromatic rings. The molecule has 2 aromatic heterocycles. The van der Waals surface area contributed by atoms with Crippen LogP contribution < -0.4 is 16.3 Å². The van der Waals surface area contributed by atoms with Crippen LogP contribution in [0.2, 0.25) is 0 Å². The Morgan fingerprint density at radius 2 is 2.03 bits per heavy atom. The Morgan fingerprint density at radius 1 is 1.19 bits per heavy atom. The van der Waals surface area contributed by atoms with Crippen LogP contribution in [0, 0.1) is 5.41 Å². The van der Waals surface area contributed by atoms with Gasteiger partial charge in [0.1, 0.15) is 5.75 Å². The number of benzene rings is 1. The molecule has 0 radical (unpaired) electrons. The highest BCUT2D eigenvalue weighted by Gasteiger charge is 2.33. The molecule has 0 bridgehead atoms. The Hall–Kier alpha value is -3.52. The van der Waals surface area contributed by atoms with E-state index in [2.05, 4.69) is 4.98 Å². The lowest BCUT2D eigenvalue weighted by atomic mass is 9.80. The number of pyridine rings is 1. The number of guanidine groups is 1. The van der Waals surface area contributed by atoms with E-state index in [1.54, 1.807) is 19.5 Å². The van der Waals surface area contributed by atoms with E-state index in [1.807, 2.05) is 42.5 Å². The van der Waals surface area contributed by atoms with E-state index in [9.17, 15) is 0 Å². The largest absolute Gasteiger partial charge is 0.497 e. The average molecular weight is 418 g/mol. The van der Waals surface area contributed by atoms with Crippen molar-refractivity contribution in [2.45, 2.75) is 37.6 Å². The van der Waals surface area contributed by atoms with Crippen LogP contribution in [0.1, 0.15) is 48.7 Å². The fourth-order valence-corrected chi connectivity index (χ4v) is 4.22. The van der Waals surface area contributed by atoms with Crippen molar-refractivity contribution in [1.82, 2.24) is 20.0 Å². The molecular formula is C23H27N7O. The van der Waals surface area contributed by atoms with Crippen LogP contribution >= 0.6 is 0 Å². The molecule has 8 heteroatoms. The summed E-state index contributed by atoms with van der Waals surface area (Å²) in [6.07, 6.45) is 11.3. The molecule has 31 heavy (non-hydrogen) atoms. The first-order valence-corrected chi connectivity index (χ1v) is 10.4. The first-order valence-electron chi connectivity index (χ1n) is 10.4. The second kappa shape index (κ2) is 9.09. The molecule has 0 spiro atoms. The zero-order chi connectivity index (χ0) is 21.8. The molecule has 2 atom stereocenters. The van der Waals surface area contributed by atoms with Gasteiger partial charge in [-0.1, -0.05) is 18.9 Å². The number of hydrogen-bond donors (Lipinski definition) is 3. The van der Waals surface area contributed by atoms with Crippen molar-refractivity contribution in [3.05, 3.63) is 59.8 Å². The molecule has 1 aromatic carbocycles. The molecule has 4 rings (SSSR count). The van der Waals surface area contributed by atoms with Gasteiger partial charge in [0.2, 0.25) is 5.96 Å². The summed E-state index contributed by atoms with van der Waals surface area (Å²) in [6.45, 7) is 0. The minimum Gasteiger partial charge on any atom is -0.497 e. The van der Waals surface area contributed by atoms with Gasteiger partial charge in [0, 0.05) is 23.7 Å². The van der Waals surface area contributed by atoms with E-state index in [4.69, 9.17) is 31.7 Å². The molecule has 0 amide bonds. The number of fused-ring (bicyclic) bond motifs is 1. The van der Waals surface area contributed by atoms with Crippen molar-refractivity contribution in [3.8, 4) is 5.75 Å². The van der Waals surface area contributed by atoms with E-state index in [0.29, 0.717) is 5.82 Å². The van der Waals surface area contributed by atoms with Crippen molar-refractivity contribution in [1.29, 1.82) is 5.41 Å². The minimum absolute atomic E-state index is 0.0331. The smallest absolute Gasteiger partial charge is 0.203 e. The number of nitrogens with one attached hydrogen (secondary N) is 1. The summed E-state index contributed by atoms with van der Waals surface area (Å²) in [7, 11) is 1.65. The fraction of sp³-hybridized carbons (Fsp3) is 0.304. The average Bonchev–Trinajstić information content (AvgIpc) is 2.82. The number of rotatable bonds is 5. The van der Waals surface area contributed by atoms with E-state index >= 15 is 0 Å². The monoisotopic (exact) mass is 417 g/mol. The summed E-state index contributed by atoms with van der Waals surface area (Å²) >= 11 is 0. The summed E-state index contributed by atoms with van der Waals surface area (Å²) in [4.78, 5) is 13.8. The van der Waals surface area contributed by atoms with Crippen molar-refractivity contribution < 1.29 is 4.74 Å². The van der Waals surface area contributed by atoms with Gasteiger partial charge < -0.3 is 10.5 Å². The Labute approximate surface area is 181 Å². The summed E-state index contributed by atoms with van der Waals surface area (Å²) in [5.74, 6) is 7.45. The Morgan fingerprint density at radius 3 is 2.77 bits per heavy atom. The molecule has 0 unspecified atom stereocenters. The van der Waals surface area contributed by atoms with Crippen molar-refractivity contribution in [2.75, 3.05) is 7.11 Å². The number of ether oxygens (including phenoxy) is 1. The van der Waals surface area contributed by atoms with Crippen LogP contribution in [-0.4, -0.2) is 39.1 Å². The highest BCUT2D eigenvalue weighted by atomic mass is 16.5. The molecule has 1 saturated carbocycles. The summed E-state index contributed by atoms with van der Waals surface area (Å²) in [5.41, 5.74) is 8.45. The summed E-state index contributed by atoms with van der Waals surface area (Å²) < 4.78 is 5.45. The highest BCUT2D eigenvalue weighted by molar-refractivity contribution is 5.84. The third-order valence-corrected chi connectivity index (χ3v) is 5.78. The first kappa shape index (κ1) is 20.7. The minimum atomic E-state index is -0.135. The predicted octanol–water partition coefficient (Wildman–Crippen LogP) is 3.30. The SMILES string of the molecule is COc1ccc2nc(/C=C\c3cccnc3)nc([C@H]3CCCC[C@H]3N(N)C(=N)N)c2c1. The molecule has 2 heterocycles. The lowest BCUT2D eigenvalue weighted by molar-refractivity contribution is 0.212. The third kappa shape index (κ3) is 4.49. The lowest BCUT2D eigenvalue weighted by Crippen LogP contribution is -2.52. The van der Waals surface area contributed by atoms with Gasteiger partial charge in [0.15, 0.2) is 5.82 Å². The molecule has 0 saturated heterocycles. The van der Waals surface area contributed by atoms with Gasteiger partial charge in [0.05, 0.1) is 24.4 Å². The Bertz CT molecular complexity index is 1100. The number of methoxy groups -OCH3 is 1. The van der Waals surface area contributed by atoms with E-state index in [0.717, 1.165) is 53.6 Å². The van der Waals surface area contributed by atoms with Crippen LogP contribution in [0.3, 0.4) is 0 Å². The maximum absolute atomic E-state index is 7.83. The zero-order valence-corrected chi connectivity index (χ0v) is 17.5. The molecule has 0 aliphatic heterocycles. The number of aromatic nitrogens is 3. The Kier molecular flexibility index (Phi) is 6.08. The van der Waals surface area contributed by atoms with Gasteiger partial charge in [-0.3, -0.25) is 15.4 Å². The first-order chi connectivity index (χ1) is 15.1. The van der Waals surface area contributed by atoms with Crippen LogP contribution in [0.25, 0.3) is 23.1 Å². The maximum atomic E-state index is 7.83. The summed E-state index contributed by atoms with van der Waals surface area (Å²) in [5, 5.41) is 10.1. The van der Waals surface area contributed by atoms with Crippen LogP contribution in [-0.2, 0) is 0 Å². The molecule has 160 valence electrons. The number of hydrogen-bond acceptors (Lipinski definition) is 6. The van der Waals surface area contributed by atoms with E-state index in [1.165, 1.54) is 5.01 Å². The fourth-order valence-electron chi connectivity index (χ4n) is 4.22. The van der Waals surface area contributed by atoms with Gasteiger partial charge in [-0.15, -0.1) is 0 Å². The van der Waals surface area contributed by atoms with Gasteiger partial charge in [-0.2, -0.15) is 0 Å². The van der Waals surface area contributed by atoms with Gasteiger partial charge >= 0.3 is 0 Å². The van der Waals surface area contributed by atoms with Gasteiger partial charge in [-0.05, 0) is 54.8 Å². The third-order valence-electron chi connectivity index (χ3n) is 5.78. The maximum Gasteiger partial charge on any atom is 0.203 e. The topological polar surface area (TPSA) is 127 Å². The standard InChI is InChI=1S/C23H27N7O/c1-31-16-9-10-19-18(13-16)22(17-6-2-3-7-20(17)30(26)23(24)25)29-21(28-19)11-8-15-5-4-12-27-14-15/h4-5,8-14,17,20H,2-3,6-7,26H2,1H3,(H3,24,25)/b11-8-/t17-,20+/m0/s1. The second-order valence-electron chi connectivity index (χ2n) is 7.72. The van der Waals surface area contributed by atoms with Crippen molar-refractivity contribution in [2.24, 2.45) is 11.6 Å². The van der Waals surface area contributed by atoms with E-state index in [-0.39, 0.29) is 17.9 Å². The molecule has 5 N–H and O–H groups in total. The molecule has 1 aliphatic carbocycles. The normalized spacial score (nSPS) is 18.9. The molecule has 8 nitrogen and oxygen atoms in total. The molecule has 1 aliphatic rings. The second-order valence-corrected chi connectivity index (χ2v) is 7.72.